The third kappa shape index (κ3) is 5.64. The third-order valence-corrected chi connectivity index (χ3v) is 5.44. The molecular weight excluding hydrogens is 384 g/mol. The van der Waals surface area contributed by atoms with Crippen LogP contribution >= 0.6 is 24.0 Å². The van der Waals surface area contributed by atoms with Gasteiger partial charge < -0.3 is 10.4 Å². The van der Waals surface area contributed by atoms with Crippen LogP contribution in [0, 0.1) is 12.8 Å². The molecule has 1 saturated heterocycles. The van der Waals surface area contributed by atoms with E-state index in [9.17, 15) is 14.4 Å². The first-order valence-corrected chi connectivity index (χ1v) is 9.75. The molecule has 6 nitrogen and oxygen atoms in total. The van der Waals surface area contributed by atoms with Crippen molar-refractivity contribution >= 4 is 52.2 Å². The minimum absolute atomic E-state index is 0.0131. The molecule has 0 saturated carbocycles. The highest BCUT2D eigenvalue weighted by molar-refractivity contribution is 8.26. The van der Waals surface area contributed by atoms with Gasteiger partial charge in [0, 0.05) is 13.0 Å². The number of hydrogen-bond donors (Lipinski definition) is 2. The second-order valence-electron chi connectivity index (χ2n) is 6.62. The summed E-state index contributed by atoms with van der Waals surface area (Å²) in [5.41, 5.74) is 2.03. The molecule has 0 spiro atoms. The fraction of sp³-hybridized carbons (Fsp3) is 0.368. The summed E-state index contributed by atoms with van der Waals surface area (Å²) in [6, 6.07) is 6.82. The third-order valence-electron chi connectivity index (χ3n) is 4.06. The lowest BCUT2D eigenvalue weighted by atomic mass is 10.0. The summed E-state index contributed by atoms with van der Waals surface area (Å²) >= 11 is 6.46. The van der Waals surface area contributed by atoms with Crippen LogP contribution in [0.15, 0.2) is 29.2 Å². The molecule has 1 fully saturated rings. The van der Waals surface area contributed by atoms with E-state index in [0.717, 1.165) is 11.1 Å². The van der Waals surface area contributed by atoms with Gasteiger partial charge in [-0.3, -0.25) is 14.5 Å². The standard InChI is InChI=1S/C19H22N2O4S2/c1-11(2)16(18(24)25)20-15(22)8-9-21-17(23)14(27-19(21)26)10-13-6-4-12(3)5-7-13/h4-7,10-11,16H,8-9H2,1-3H3,(H,20,22)(H,24,25). The molecular formula is C19H22N2O4S2. The Labute approximate surface area is 168 Å². The molecule has 1 aromatic rings. The number of nitrogens with one attached hydrogen (secondary N) is 1. The van der Waals surface area contributed by atoms with Crippen molar-refractivity contribution in [3.63, 3.8) is 0 Å². The van der Waals surface area contributed by atoms with Crippen molar-refractivity contribution < 1.29 is 19.5 Å². The first-order chi connectivity index (χ1) is 12.7. The van der Waals surface area contributed by atoms with E-state index in [1.807, 2.05) is 31.2 Å². The van der Waals surface area contributed by atoms with Crippen LogP contribution in [0.3, 0.4) is 0 Å². The lowest BCUT2D eigenvalue weighted by Gasteiger charge is -2.19. The molecule has 1 aliphatic heterocycles. The van der Waals surface area contributed by atoms with Crippen LogP contribution in [-0.2, 0) is 14.4 Å². The van der Waals surface area contributed by atoms with Crippen molar-refractivity contribution in [2.75, 3.05) is 6.54 Å². The predicted molar refractivity (Wildman–Crippen MR) is 110 cm³/mol. The van der Waals surface area contributed by atoms with E-state index in [4.69, 9.17) is 17.3 Å². The Balaban J connectivity index is 1.98. The number of aliphatic carboxylic acids is 1. The number of nitrogens with zero attached hydrogens (tertiary/aromatic N) is 1. The van der Waals surface area contributed by atoms with Gasteiger partial charge in [0.2, 0.25) is 5.91 Å². The SMILES string of the molecule is Cc1ccc(C=C2SC(=S)N(CCC(=O)NC(C(=O)O)C(C)C)C2=O)cc1. The van der Waals surface area contributed by atoms with Gasteiger partial charge >= 0.3 is 5.97 Å². The second-order valence-corrected chi connectivity index (χ2v) is 8.30. The minimum Gasteiger partial charge on any atom is -0.480 e. The van der Waals surface area contributed by atoms with E-state index in [-0.39, 0.29) is 24.8 Å². The molecule has 0 aliphatic carbocycles. The zero-order chi connectivity index (χ0) is 20.1. The Bertz CT molecular complexity index is 787. The van der Waals surface area contributed by atoms with Crippen molar-refractivity contribution in [1.29, 1.82) is 0 Å². The summed E-state index contributed by atoms with van der Waals surface area (Å²) in [6.45, 7) is 5.54. The summed E-state index contributed by atoms with van der Waals surface area (Å²) in [7, 11) is 0. The summed E-state index contributed by atoms with van der Waals surface area (Å²) in [4.78, 5) is 37.7. The number of carbonyl (C=O) groups excluding carboxylic acids is 2. The van der Waals surface area contributed by atoms with Crippen molar-refractivity contribution in [1.82, 2.24) is 10.2 Å². The van der Waals surface area contributed by atoms with Crippen molar-refractivity contribution in [3.8, 4) is 0 Å². The molecule has 0 radical (unpaired) electrons. The molecule has 27 heavy (non-hydrogen) atoms. The molecule has 144 valence electrons. The molecule has 0 aromatic heterocycles. The van der Waals surface area contributed by atoms with Crippen LogP contribution in [-0.4, -0.2) is 44.7 Å². The maximum atomic E-state index is 12.6. The first kappa shape index (κ1) is 21.1. The first-order valence-electron chi connectivity index (χ1n) is 8.53. The number of carboxylic acid groups (broad SMARTS) is 1. The van der Waals surface area contributed by atoms with Gasteiger partial charge in [-0.15, -0.1) is 0 Å². The molecule has 1 aromatic carbocycles. The van der Waals surface area contributed by atoms with Crippen molar-refractivity contribution in [3.05, 3.63) is 40.3 Å². The van der Waals surface area contributed by atoms with Gasteiger partial charge in [-0.25, -0.2) is 4.79 Å². The number of aryl methyl sites for hydroxylation is 1. The highest BCUT2D eigenvalue weighted by Gasteiger charge is 2.32. The summed E-state index contributed by atoms with van der Waals surface area (Å²) in [6.07, 6.45) is 1.76. The van der Waals surface area contributed by atoms with Crippen molar-refractivity contribution in [2.45, 2.75) is 33.2 Å². The van der Waals surface area contributed by atoms with E-state index < -0.39 is 17.9 Å². The summed E-state index contributed by atoms with van der Waals surface area (Å²) < 4.78 is 0.393. The molecule has 1 unspecified atom stereocenters. The summed E-state index contributed by atoms with van der Waals surface area (Å²) in [5, 5.41) is 11.6. The molecule has 2 amide bonds. The van der Waals surface area contributed by atoms with Crippen LogP contribution in [0.2, 0.25) is 0 Å². The largest absolute Gasteiger partial charge is 0.480 e. The van der Waals surface area contributed by atoms with Crippen LogP contribution in [0.1, 0.15) is 31.4 Å². The zero-order valence-corrected chi connectivity index (χ0v) is 17.0. The average molecular weight is 407 g/mol. The van der Waals surface area contributed by atoms with Gasteiger partial charge in [0.1, 0.15) is 10.4 Å². The van der Waals surface area contributed by atoms with E-state index >= 15 is 0 Å². The Morgan fingerprint density at radius 1 is 1.30 bits per heavy atom. The highest BCUT2D eigenvalue weighted by Crippen LogP contribution is 2.32. The fourth-order valence-corrected chi connectivity index (χ4v) is 3.79. The van der Waals surface area contributed by atoms with E-state index in [2.05, 4.69) is 5.32 Å². The maximum Gasteiger partial charge on any atom is 0.326 e. The molecule has 1 aliphatic rings. The molecule has 8 heteroatoms. The molecule has 1 heterocycles. The number of hydrogen-bond acceptors (Lipinski definition) is 5. The lowest BCUT2D eigenvalue weighted by Crippen LogP contribution is -2.45. The van der Waals surface area contributed by atoms with Gasteiger partial charge in [0.15, 0.2) is 0 Å². The van der Waals surface area contributed by atoms with Gasteiger partial charge in [-0.2, -0.15) is 0 Å². The average Bonchev–Trinajstić information content (AvgIpc) is 2.86. The van der Waals surface area contributed by atoms with Crippen LogP contribution in [0.5, 0.6) is 0 Å². The molecule has 1 atom stereocenters. The number of rotatable bonds is 7. The summed E-state index contributed by atoms with van der Waals surface area (Å²) in [5.74, 6) is -1.98. The minimum atomic E-state index is -1.08. The number of carbonyl (C=O) groups is 3. The van der Waals surface area contributed by atoms with Gasteiger partial charge in [-0.1, -0.05) is 67.7 Å². The Morgan fingerprint density at radius 3 is 2.48 bits per heavy atom. The zero-order valence-electron chi connectivity index (χ0n) is 15.4. The second kappa shape index (κ2) is 9.14. The van der Waals surface area contributed by atoms with E-state index in [1.54, 1.807) is 19.9 Å². The number of benzene rings is 1. The van der Waals surface area contributed by atoms with Crippen molar-refractivity contribution in [2.24, 2.45) is 5.92 Å². The lowest BCUT2D eigenvalue weighted by molar-refractivity contribution is -0.143. The highest BCUT2D eigenvalue weighted by atomic mass is 32.2. The number of carboxylic acids is 1. The Morgan fingerprint density at radius 2 is 1.93 bits per heavy atom. The van der Waals surface area contributed by atoms with Gasteiger partial charge in [0.05, 0.1) is 4.91 Å². The maximum absolute atomic E-state index is 12.6. The van der Waals surface area contributed by atoms with Crippen LogP contribution < -0.4 is 5.32 Å². The van der Waals surface area contributed by atoms with Gasteiger partial charge in [-0.05, 0) is 24.5 Å². The monoisotopic (exact) mass is 406 g/mol. The predicted octanol–water partition coefficient (Wildman–Crippen LogP) is 2.81. The van der Waals surface area contributed by atoms with Crippen LogP contribution in [0.4, 0.5) is 0 Å². The smallest absolute Gasteiger partial charge is 0.326 e. The topological polar surface area (TPSA) is 86.7 Å². The van der Waals surface area contributed by atoms with E-state index in [0.29, 0.717) is 9.23 Å². The number of thioether (sulfide) groups is 1. The molecule has 2 rings (SSSR count). The number of amides is 2. The van der Waals surface area contributed by atoms with Crippen LogP contribution in [0.25, 0.3) is 6.08 Å². The normalized spacial score (nSPS) is 16.9. The molecule has 0 bridgehead atoms. The molecule has 2 N–H and O–H groups in total. The van der Waals surface area contributed by atoms with Gasteiger partial charge in [0.25, 0.3) is 5.91 Å². The quantitative estimate of drug-likeness (QED) is 0.535. The fourth-order valence-electron chi connectivity index (χ4n) is 2.48. The Kier molecular flexibility index (Phi) is 7.15. The number of thiocarbonyl (C=S) groups is 1. The van der Waals surface area contributed by atoms with E-state index in [1.165, 1.54) is 16.7 Å². The Hall–Kier alpha value is -2.19.